The van der Waals surface area contributed by atoms with Crippen LogP contribution >= 0.6 is 0 Å². The first-order chi connectivity index (χ1) is 10.5. The first-order valence-electron chi connectivity index (χ1n) is 8.80. The van der Waals surface area contributed by atoms with E-state index in [1.54, 1.807) is 0 Å². The molecule has 2 fully saturated rings. The van der Waals surface area contributed by atoms with E-state index in [1.165, 1.54) is 6.42 Å². The van der Waals surface area contributed by atoms with Crippen LogP contribution < -0.4 is 5.32 Å². The SMILES string of the molecule is CC(C)CN1CCOC(CNC(=O)CC2(O)CCCCC2)C1. The molecule has 1 atom stereocenters. The Labute approximate surface area is 134 Å². The predicted molar refractivity (Wildman–Crippen MR) is 86.7 cm³/mol. The zero-order valence-corrected chi connectivity index (χ0v) is 14.1. The second kappa shape index (κ2) is 8.27. The number of rotatable bonds is 6. The van der Waals surface area contributed by atoms with E-state index in [4.69, 9.17) is 4.74 Å². The Morgan fingerprint density at radius 2 is 2.09 bits per heavy atom. The van der Waals surface area contributed by atoms with Gasteiger partial charge in [-0.05, 0) is 18.8 Å². The van der Waals surface area contributed by atoms with Gasteiger partial charge in [-0.25, -0.2) is 0 Å². The second-order valence-electron chi connectivity index (χ2n) is 7.41. The molecule has 1 heterocycles. The summed E-state index contributed by atoms with van der Waals surface area (Å²) in [6.45, 7) is 8.65. The lowest BCUT2D eigenvalue weighted by Gasteiger charge is -2.34. The van der Waals surface area contributed by atoms with Gasteiger partial charge in [0.25, 0.3) is 0 Å². The molecule has 1 aliphatic heterocycles. The molecule has 22 heavy (non-hydrogen) atoms. The lowest BCUT2D eigenvalue weighted by atomic mass is 9.82. The van der Waals surface area contributed by atoms with Gasteiger partial charge in [-0.2, -0.15) is 0 Å². The number of carbonyl (C=O) groups excluding carboxylic acids is 1. The molecule has 1 unspecified atom stereocenters. The van der Waals surface area contributed by atoms with Gasteiger partial charge >= 0.3 is 0 Å². The molecule has 0 aromatic heterocycles. The molecule has 2 rings (SSSR count). The van der Waals surface area contributed by atoms with Crippen molar-refractivity contribution in [2.45, 2.75) is 64.1 Å². The molecule has 128 valence electrons. The summed E-state index contributed by atoms with van der Waals surface area (Å²) in [5.74, 6) is 0.600. The van der Waals surface area contributed by atoms with Crippen molar-refractivity contribution in [3.63, 3.8) is 0 Å². The molecule has 2 N–H and O–H groups in total. The van der Waals surface area contributed by atoms with E-state index in [0.29, 0.717) is 12.5 Å². The van der Waals surface area contributed by atoms with E-state index in [2.05, 4.69) is 24.1 Å². The maximum atomic E-state index is 12.1. The van der Waals surface area contributed by atoms with Gasteiger partial charge in [0.2, 0.25) is 5.91 Å². The molecule has 0 bridgehead atoms. The van der Waals surface area contributed by atoms with Crippen LogP contribution in [0.1, 0.15) is 52.4 Å². The average molecular weight is 312 g/mol. The summed E-state index contributed by atoms with van der Waals surface area (Å²) in [5, 5.41) is 13.4. The normalized spacial score (nSPS) is 26.1. The van der Waals surface area contributed by atoms with Crippen molar-refractivity contribution >= 4 is 5.91 Å². The number of hydrogen-bond donors (Lipinski definition) is 2. The maximum absolute atomic E-state index is 12.1. The third-order valence-corrected chi connectivity index (χ3v) is 4.65. The van der Waals surface area contributed by atoms with Crippen molar-refractivity contribution < 1.29 is 14.6 Å². The molecule has 5 heteroatoms. The summed E-state index contributed by atoms with van der Waals surface area (Å²) in [5.41, 5.74) is -0.778. The number of amides is 1. The van der Waals surface area contributed by atoms with Crippen molar-refractivity contribution in [3.8, 4) is 0 Å². The Morgan fingerprint density at radius 3 is 2.77 bits per heavy atom. The van der Waals surface area contributed by atoms with Gasteiger partial charge in [0.05, 0.1) is 24.7 Å². The first-order valence-corrected chi connectivity index (χ1v) is 8.80. The lowest BCUT2D eigenvalue weighted by molar-refractivity contribution is -0.128. The standard InChI is InChI=1S/C17H32N2O3/c1-14(2)12-19-8-9-22-15(13-19)11-18-16(20)10-17(21)6-4-3-5-7-17/h14-15,21H,3-13H2,1-2H3,(H,18,20). The molecule has 0 radical (unpaired) electrons. The number of carbonyl (C=O) groups is 1. The van der Waals surface area contributed by atoms with Crippen LogP contribution in [0, 0.1) is 5.92 Å². The summed E-state index contributed by atoms with van der Waals surface area (Å²) in [6.07, 6.45) is 5.03. The molecule has 2 aliphatic rings. The number of nitrogens with zero attached hydrogens (tertiary/aromatic N) is 1. The lowest BCUT2D eigenvalue weighted by Crippen LogP contribution is -2.49. The van der Waals surface area contributed by atoms with E-state index >= 15 is 0 Å². The third-order valence-electron chi connectivity index (χ3n) is 4.65. The Morgan fingerprint density at radius 1 is 1.36 bits per heavy atom. The highest BCUT2D eigenvalue weighted by Crippen LogP contribution is 2.30. The highest BCUT2D eigenvalue weighted by atomic mass is 16.5. The Bertz CT molecular complexity index is 354. The van der Waals surface area contributed by atoms with Gasteiger partial charge < -0.3 is 15.2 Å². The summed E-state index contributed by atoms with van der Waals surface area (Å²) >= 11 is 0. The topological polar surface area (TPSA) is 61.8 Å². The minimum Gasteiger partial charge on any atom is -0.389 e. The van der Waals surface area contributed by atoms with Gasteiger partial charge in [-0.15, -0.1) is 0 Å². The van der Waals surface area contributed by atoms with Crippen LogP contribution in [0.4, 0.5) is 0 Å². The molecule has 0 spiro atoms. The van der Waals surface area contributed by atoms with Crippen LogP contribution in [0.2, 0.25) is 0 Å². The second-order valence-corrected chi connectivity index (χ2v) is 7.41. The fourth-order valence-electron chi connectivity index (χ4n) is 3.56. The first kappa shape index (κ1) is 17.7. The fourth-order valence-corrected chi connectivity index (χ4v) is 3.56. The molecule has 1 amide bonds. The minimum atomic E-state index is -0.778. The van der Waals surface area contributed by atoms with E-state index in [1.807, 2.05) is 0 Å². The van der Waals surface area contributed by atoms with Crippen LogP contribution in [-0.4, -0.2) is 60.4 Å². The maximum Gasteiger partial charge on any atom is 0.222 e. The largest absolute Gasteiger partial charge is 0.389 e. The van der Waals surface area contributed by atoms with Crippen LogP contribution in [0.25, 0.3) is 0 Å². The highest BCUT2D eigenvalue weighted by Gasteiger charge is 2.32. The molecule has 1 saturated carbocycles. The molecule has 5 nitrogen and oxygen atoms in total. The zero-order valence-electron chi connectivity index (χ0n) is 14.1. The predicted octanol–water partition coefficient (Wildman–Crippen LogP) is 1.54. The molecular formula is C17H32N2O3. The summed E-state index contributed by atoms with van der Waals surface area (Å²) < 4.78 is 5.74. The number of aliphatic hydroxyl groups is 1. The van der Waals surface area contributed by atoms with Crippen LogP contribution in [0.3, 0.4) is 0 Å². The van der Waals surface area contributed by atoms with E-state index < -0.39 is 5.60 Å². The van der Waals surface area contributed by atoms with E-state index in [9.17, 15) is 9.90 Å². The average Bonchev–Trinajstić information content (AvgIpc) is 2.45. The van der Waals surface area contributed by atoms with Gasteiger partial charge in [0, 0.05) is 26.2 Å². The number of hydrogen-bond acceptors (Lipinski definition) is 4. The quantitative estimate of drug-likeness (QED) is 0.781. The molecule has 1 aliphatic carbocycles. The van der Waals surface area contributed by atoms with Crippen molar-refractivity contribution in [1.29, 1.82) is 0 Å². The van der Waals surface area contributed by atoms with Crippen LogP contribution in [-0.2, 0) is 9.53 Å². The van der Waals surface area contributed by atoms with Crippen molar-refractivity contribution in [1.82, 2.24) is 10.2 Å². The third kappa shape index (κ3) is 5.86. The van der Waals surface area contributed by atoms with Crippen molar-refractivity contribution in [2.75, 3.05) is 32.8 Å². The Kier molecular flexibility index (Phi) is 6.66. The van der Waals surface area contributed by atoms with Gasteiger partial charge in [-0.1, -0.05) is 33.1 Å². The van der Waals surface area contributed by atoms with Crippen LogP contribution in [0.5, 0.6) is 0 Å². The molecule has 1 saturated heterocycles. The van der Waals surface area contributed by atoms with Crippen LogP contribution in [0.15, 0.2) is 0 Å². The van der Waals surface area contributed by atoms with Gasteiger partial charge in [0.1, 0.15) is 0 Å². The van der Waals surface area contributed by atoms with Crippen molar-refractivity contribution in [3.05, 3.63) is 0 Å². The van der Waals surface area contributed by atoms with E-state index in [-0.39, 0.29) is 18.4 Å². The van der Waals surface area contributed by atoms with Gasteiger partial charge in [0.15, 0.2) is 0 Å². The number of morpholine rings is 1. The summed E-state index contributed by atoms with van der Waals surface area (Å²) in [7, 11) is 0. The zero-order chi connectivity index (χ0) is 16.0. The minimum absolute atomic E-state index is 0.0472. The summed E-state index contributed by atoms with van der Waals surface area (Å²) in [4.78, 5) is 14.5. The molecular weight excluding hydrogens is 280 g/mol. The number of nitrogens with one attached hydrogen (secondary N) is 1. The Hall–Kier alpha value is -0.650. The smallest absolute Gasteiger partial charge is 0.222 e. The van der Waals surface area contributed by atoms with E-state index in [0.717, 1.165) is 51.9 Å². The monoisotopic (exact) mass is 312 g/mol. The van der Waals surface area contributed by atoms with Gasteiger partial charge in [-0.3, -0.25) is 9.69 Å². The van der Waals surface area contributed by atoms with Crippen molar-refractivity contribution in [2.24, 2.45) is 5.92 Å². The molecule has 0 aromatic carbocycles. The highest BCUT2D eigenvalue weighted by molar-refractivity contribution is 5.77. The molecule has 0 aromatic rings. The summed E-state index contributed by atoms with van der Waals surface area (Å²) in [6, 6.07) is 0. The fraction of sp³-hybridized carbons (Fsp3) is 0.941. The Balaban J connectivity index is 1.69. The number of ether oxygens (including phenoxy) is 1.